The Kier molecular flexibility index (Phi) is 9.21. The van der Waals surface area contributed by atoms with Crippen LogP contribution in [0.5, 0.6) is 6.01 Å². The number of likely N-dealkylation sites (tertiary alicyclic amines) is 1. The molecule has 50 heavy (non-hydrogen) atoms. The van der Waals surface area contributed by atoms with E-state index < -0.39 is 35.8 Å². The van der Waals surface area contributed by atoms with Crippen LogP contribution in [0.15, 0.2) is 48.9 Å². The zero-order chi connectivity index (χ0) is 35.3. The third-order valence-corrected chi connectivity index (χ3v) is 10.4. The molecule has 0 N–H and O–H groups in total. The van der Waals surface area contributed by atoms with Crippen LogP contribution in [0.2, 0.25) is 5.02 Å². The van der Waals surface area contributed by atoms with Crippen LogP contribution in [0.4, 0.5) is 27.8 Å². The highest BCUT2D eigenvalue weighted by Crippen LogP contribution is 2.43. The van der Waals surface area contributed by atoms with E-state index in [0.717, 1.165) is 19.3 Å². The maximum atomic E-state index is 16.8. The number of piperazine rings is 1. The van der Waals surface area contributed by atoms with Gasteiger partial charge in [-0.2, -0.15) is 15.2 Å². The van der Waals surface area contributed by atoms with Gasteiger partial charge in [-0.1, -0.05) is 42.4 Å². The number of halogens is 6. The minimum absolute atomic E-state index is 0.00541. The molecule has 4 heterocycles. The molecule has 7 rings (SSSR count). The van der Waals surface area contributed by atoms with E-state index >= 15 is 4.39 Å². The van der Waals surface area contributed by atoms with Crippen LogP contribution in [0.3, 0.4) is 0 Å². The Morgan fingerprint density at radius 1 is 1.16 bits per heavy atom. The zero-order valence-corrected chi connectivity index (χ0v) is 27.4. The normalized spacial score (nSPS) is 22.1. The van der Waals surface area contributed by atoms with Crippen molar-refractivity contribution in [3.8, 4) is 23.3 Å². The maximum absolute atomic E-state index is 16.8. The lowest BCUT2D eigenvalue weighted by Gasteiger charge is -2.41. The largest absolute Gasteiger partial charge is 0.462 e. The number of nitriles is 1. The van der Waals surface area contributed by atoms with Crippen molar-refractivity contribution >= 4 is 45.0 Å². The van der Waals surface area contributed by atoms with Gasteiger partial charge in [0.1, 0.15) is 29.5 Å². The summed E-state index contributed by atoms with van der Waals surface area (Å²) in [7, 11) is 0. The SMILES string of the molecule is C=C(F)C(=O)N1CCN(c2nc(OC[C@H]3[C@@H]4CC[C@@H](C4)N3CC(F)F)nc3c(F)c(-c4cccc5ccc(F)c(Cl)c45)ncc23)C[C@@H]1CC#N. The summed E-state index contributed by atoms with van der Waals surface area (Å²) in [5.41, 5.74) is -0.0997. The van der Waals surface area contributed by atoms with Gasteiger partial charge in [-0.25, -0.2) is 22.0 Å². The molecule has 1 amide bonds. The second kappa shape index (κ2) is 13.6. The van der Waals surface area contributed by atoms with Crippen molar-refractivity contribution in [1.29, 1.82) is 5.26 Å². The van der Waals surface area contributed by atoms with Gasteiger partial charge in [0, 0.05) is 48.9 Å². The van der Waals surface area contributed by atoms with Crippen molar-refractivity contribution in [3.63, 3.8) is 0 Å². The van der Waals surface area contributed by atoms with E-state index in [0.29, 0.717) is 5.39 Å². The molecule has 9 nitrogen and oxygen atoms in total. The molecule has 2 saturated heterocycles. The predicted octanol–water partition coefficient (Wildman–Crippen LogP) is 6.69. The Bertz CT molecular complexity index is 2040. The van der Waals surface area contributed by atoms with Gasteiger partial charge >= 0.3 is 6.01 Å². The molecule has 3 aliphatic rings. The molecule has 1 aliphatic carbocycles. The van der Waals surface area contributed by atoms with Gasteiger partial charge in [0.25, 0.3) is 12.3 Å². The first-order valence-electron chi connectivity index (χ1n) is 16.2. The third-order valence-electron chi connectivity index (χ3n) is 10.1. The summed E-state index contributed by atoms with van der Waals surface area (Å²) in [5, 5.41) is 10.3. The van der Waals surface area contributed by atoms with Gasteiger partial charge in [0.05, 0.1) is 35.5 Å². The van der Waals surface area contributed by atoms with Gasteiger partial charge in [-0.15, -0.1) is 0 Å². The molecular formula is C35H31ClF5N7O2. The molecule has 4 atom stereocenters. The number of aromatic nitrogens is 3. The summed E-state index contributed by atoms with van der Waals surface area (Å²) in [6.07, 6.45) is 1.24. The first-order chi connectivity index (χ1) is 24.0. The molecule has 2 aliphatic heterocycles. The number of hydrogen-bond acceptors (Lipinski definition) is 8. The maximum Gasteiger partial charge on any atom is 0.319 e. The van der Waals surface area contributed by atoms with Crippen LogP contribution < -0.4 is 9.64 Å². The van der Waals surface area contributed by atoms with Gasteiger partial charge in [-0.3, -0.25) is 14.7 Å². The van der Waals surface area contributed by atoms with E-state index in [1.165, 1.54) is 23.2 Å². The Morgan fingerprint density at radius 2 is 1.98 bits per heavy atom. The molecule has 0 radical (unpaired) electrons. The van der Waals surface area contributed by atoms with E-state index in [1.807, 2.05) is 6.07 Å². The van der Waals surface area contributed by atoms with Gasteiger partial charge in [-0.05, 0) is 36.6 Å². The summed E-state index contributed by atoms with van der Waals surface area (Å²) in [6.45, 7) is 2.89. The standard InChI is InChI=1S/C35H31ClF5N7O2/c1-18(37)34(49)47-12-11-46(15-22(47)9-10-42)33-24-14-43-31(23-4-2-3-19-6-8-25(38)29(36)28(19)23)30(41)32(24)44-35(45-33)50-17-26-20-5-7-21(13-20)48(26)16-27(39)40/h2-4,6,8,14,20-22,26-27H,1,5,7,9,11-13,15-17H2/t20-,21+,22+,26+/m1/s1. The number of benzene rings is 2. The topological polar surface area (TPSA) is 98.5 Å². The van der Waals surface area contributed by atoms with E-state index in [1.54, 1.807) is 28.0 Å². The minimum atomic E-state index is -2.52. The molecule has 2 aromatic carbocycles. The fraction of sp³-hybridized carbons (Fsp3) is 0.400. The number of piperidine rings is 1. The number of nitrogens with zero attached hydrogens (tertiary/aromatic N) is 7. The van der Waals surface area contributed by atoms with E-state index in [4.69, 9.17) is 16.3 Å². The van der Waals surface area contributed by atoms with E-state index in [2.05, 4.69) is 21.5 Å². The summed E-state index contributed by atoms with van der Waals surface area (Å²) in [4.78, 5) is 30.7. The second-order valence-corrected chi connectivity index (χ2v) is 13.2. The number of carbonyl (C=O) groups excluding carboxylic acids is 1. The Hall–Kier alpha value is -4.61. The van der Waals surface area contributed by atoms with Gasteiger partial charge in [0.15, 0.2) is 11.6 Å². The van der Waals surface area contributed by atoms with Crippen molar-refractivity contribution in [1.82, 2.24) is 24.8 Å². The molecule has 2 bridgehead atoms. The highest BCUT2D eigenvalue weighted by Gasteiger charge is 2.47. The molecule has 15 heteroatoms. The number of carbonyl (C=O) groups is 1. The average Bonchev–Trinajstić information content (AvgIpc) is 3.71. The molecule has 260 valence electrons. The number of hydrogen-bond donors (Lipinski definition) is 0. The van der Waals surface area contributed by atoms with Crippen molar-refractivity contribution in [3.05, 3.63) is 65.6 Å². The number of rotatable bonds is 9. The van der Waals surface area contributed by atoms with Crippen LogP contribution >= 0.6 is 11.6 Å². The van der Waals surface area contributed by atoms with E-state index in [9.17, 15) is 27.6 Å². The first kappa shape index (κ1) is 33.9. The number of alkyl halides is 2. The summed E-state index contributed by atoms with van der Waals surface area (Å²) >= 11 is 6.36. The van der Waals surface area contributed by atoms with Gasteiger partial charge < -0.3 is 14.5 Å². The summed E-state index contributed by atoms with van der Waals surface area (Å²) < 4.78 is 78.3. The molecule has 0 unspecified atom stereocenters. The number of pyridine rings is 1. The first-order valence-corrected chi connectivity index (χ1v) is 16.6. The molecule has 1 saturated carbocycles. The van der Waals surface area contributed by atoms with Crippen LogP contribution in [-0.4, -0.2) is 88.0 Å². The Morgan fingerprint density at radius 3 is 2.74 bits per heavy atom. The fourth-order valence-corrected chi connectivity index (χ4v) is 8.07. The Labute approximate surface area is 288 Å². The zero-order valence-electron chi connectivity index (χ0n) is 26.6. The molecular weight excluding hydrogens is 681 g/mol. The lowest BCUT2D eigenvalue weighted by atomic mass is 9.99. The lowest BCUT2D eigenvalue weighted by Crippen LogP contribution is -2.55. The molecule has 0 spiro atoms. The van der Waals surface area contributed by atoms with Crippen molar-refractivity contribution in [2.45, 2.75) is 50.2 Å². The highest BCUT2D eigenvalue weighted by atomic mass is 35.5. The van der Waals surface area contributed by atoms with Crippen molar-refractivity contribution in [2.24, 2.45) is 5.92 Å². The predicted molar refractivity (Wildman–Crippen MR) is 177 cm³/mol. The second-order valence-electron chi connectivity index (χ2n) is 12.8. The number of fused-ring (bicyclic) bond motifs is 4. The fourth-order valence-electron chi connectivity index (χ4n) is 7.79. The molecule has 3 fully saturated rings. The Balaban J connectivity index is 1.31. The quantitative estimate of drug-likeness (QED) is 0.140. The van der Waals surface area contributed by atoms with Crippen LogP contribution in [0, 0.1) is 28.9 Å². The van der Waals surface area contributed by atoms with Crippen LogP contribution in [-0.2, 0) is 4.79 Å². The monoisotopic (exact) mass is 711 g/mol. The van der Waals surface area contributed by atoms with E-state index in [-0.39, 0.29) is 102 Å². The number of anilines is 1. The number of amides is 1. The lowest BCUT2D eigenvalue weighted by molar-refractivity contribution is -0.131. The van der Waals surface area contributed by atoms with Crippen LogP contribution in [0.25, 0.3) is 32.9 Å². The summed E-state index contributed by atoms with van der Waals surface area (Å²) in [5.74, 6) is -3.28. The molecule has 2 aromatic heterocycles. The third kappa shape index (κ3) is 6.06. The smallest absolute Gasteiger partial charge is 0.319 e. The number of ether oxygens (including phenoxy) is 1. The molecule has 4 aromatic rings. The van der Waals surface area contributed by atoms with Crippen LogP contribution in [0.1, 0.15) is 25.7 Å². The van der Waals surface area contributed by atoms with Gasteiger partial charge in [0.2, 0.25) is 0 Å². The average molecular weight is 712 g/mol. The summed E-state index contributed by atoms with van der Waals surface area (Å²) in [6, 6.07) is 8.49. The van der Waals surface area contributed by atoms with Crippen molar-refractivity contribution < 1.29 is 31.5 Å². The highest BCUT2D eigenvalue weighted by molar-refractivity contribution is 6.36. The minimum Gasteiger partial charge on any atom is -0.462 e. The van der Waals surface area contributed by atoms with Crippen molar-refractivity contribution in [2.75, 3.05) is 37.7 Å².